The van der Waals surface area contributed by atoms with Crippen molar-refractivity contribution >= 4 is 25.4 Å². The third-order valence-electron chi connectivity index (χ3n) is 1.17. The van der Waals surface area contributed by atoms with Gasteiger partial charge in [-0.2, -0.15) is 0 Å². The summed E-state index contributed by atoms with van der Waals surface area (Å²) in [4.78, 5) is 0. The zero-order valence-corrected chi connectivity index (χ0v) is 9.81. The predicted molar refractivity (Wildman–Crippen MR) is 52.5 cm³/mol. The molecule has 0 radical (unpaired) electrons. The topological polar surface area (TPSA) is 9.23 Å². The van der Waals surface area contributed by atoms with E-state index in [0.29, 0.717) is 0 Å². The fourth-order valence-corrected chi connectivity index (χ4v) is 1.81. The molecular weight excluding hydrogens is 211 g/mol. The highest BCUT2D eigenvalue weighted by Crippen LogP contribution is 2.30. The second-order valence-corrected chi connectivity index (χ2v) is 6.16. The summed E-state index contributed by atoms with van der Waals surface area (Å²) < 4.78 is 5.36. The molecule has 0 N–H and O–H groups in total. The van der Waals surface area contributed by atoms with Crippen molar-refractivity contribution in [1.82, 2.24) is 0 Å². The molecule has 3 heteroatoms. The lowest BCUT2D eigenvalue weighted by atomic mass is 9.96. The fourth-order valence-electron chi connectivity index (χ4n) is 1.05. The maximum atomic E-state index is 5.20. The Labute approximate surface area is 74.3 Å². The molecule has 0 aromatic carbocycles. The fraction of sp³-hybridized carbons (Fsp3) is 1.00. The van der Waals surface area contributed by atoms with Crippen LogP contribution in [0.25, 0.3) is 0 Å². The van der Waals surface area contributed by atoms with Crippen LogP contribution in [0.2, 0.25) is 0 Å². The van der Waals surface area contributed by atoms with Crippen LogP contribution in [0.1, 0.15) is 34.1 Å². The van der Waals surface area contributed by atoms with Gasteiger partial charge in [0.1, 0.15) is 0 Å². The Morgan fingerprint density at radius 3 is 1.80 bits per heavy atom. The minimum atomic E-state index is -0.0579. The van der Waals surface area contributed by atoms with Crippen LogP contribution in [0.5, 0.6) is 0 Å². The van der Waals surface area contributed by atoms with Crippen molar-refractivity contribution in [3.8, 4) is 0 Å². The highest BCUT2D eigenvalue weighted by atomic mass is 79.9. The normalized spacial score (nSPS) is 13.8. The first-order valence-corrected chi connectivity index (χ1v) is 4.60. The number of rotatable bonds is 3. The summed E-state index contributed by atoms with van der Waals surface area (Å²) in [7, 11) is 2.31. The number of alkyl halides is 1. The van der Waals surface area contributed by atoms with Crippen LogP contribution < -0.4 is 0 Å². The smallest absolute Gasteiger partial charge is 0.0675 e. The highest BCUT2D eigenvalue weighted by Gasteiger charge is 2.25. The second kappa shape index (κ2) is 3.51. The van der Waals surface area contributed by atoms with E-state index in [9.17, 15) is 0 Å². The Balaban J connectivity index is 3.89. The Morgan fingerprint density at radius 2 is 1.70 bits per heavy atom. The summed E-state index contributed by atoms with van der Waals surface area (Å²) >= 11 is 3.57. The van der Waals surface area contributed by atoms with Crippen molar-refractivity contribution in [3.05, 3.63) is 0 Å². The lowest BCUT2D eigenvalue weighted by Gasteiger charge is -2.29. The molecule has 1 unspecified atom stereocenters. The first kappa shape index (κ1) is 10.9. The van der Waals surface area contributed by atoms with Crippen molar-refractivity contribution in [2.45, 2.75) is 44.0 Å². The number of halogens is 1. The Hall–Kier alpha value is 0.870. The molecule has 0 aromatic heterocycles. The van der Waals surface area contributed by atoms with Gasteiger partial charge in [0.15, 0.2) is 0 Å². The SMILES string of the molecule is CC(C)(Br)CC(C)(C)OP. The van der Waals surface area contributed by atoms with Crippen LogP contribution in [-0.2, 0) is 4.52 Å². The molecule has 0 spiro atoms. The number of hydrogen-bond donors (Lipinski definition) is 0. The third-order valence-corrected chi connectivity index (χ3v) is 2.08. The third kappa shape index (κ3) is 5.64. The molecule has 0 bridgehead atoms. The van der Waals surface area contributed by atoms with Crippen LogP contribution in [0.15, 0.2) is 0 Å². The van der Waals surface area contributed by atoms with Gasteiger partial charge in [-0.25, -0.2) is 0 Å². The van der Waals surface area contributed by atoms with Gasteiger partial charge in [-0.3, -0.25) is 0 Å². The van der Waals surface area contributed by atoms with Crippen LogP contribution in [0.4, 0.5) is 0 Å². The van der Waals surface area contributed by atoms with E-state index in [1.165, 1.54) is 0 Å². The van der Waals surface area contributed by atoms with E-state index in [2.05, 4.69) is 53.1 Å². The Morgan fingerprint density at radius 1 is 1.30 bits per heavy atom. The summed E-state index contributed by atoms with van der Waals surface area (Å²) in [5, 5.41) is 0. The average Bonchev–Trinajstić information content (AvgIpc) is 1.60. The van der Waals surface area contributed by atoms with Crippen LogP contribution in [0, 0.1) is 0 Å². The van der Waals surface area contributed by atoms with Crippen LogP contribution >= 0.6 is 25.4 Å². The molecule has 1 nitrogen and oxygen atoms in total. The summed E-state index contributed by atoms with van der Waals surface area (Å²) in [6, 6.07) is 0. The maximum absolute atomic E-state index is 5.20. The zero-order valence-electron chi connectivity index (χ0n) is 7.07. The van der Waals surface area contributed by atoms with Gasteiger partial charge >= 0.3 is 0 Å². The van der Waals surface area contributed by atoms with Gasteiger partial charge < -0.3 is 4.52 Å². The first-order valence-electron chi connectivity index (χ1n) is 3.34. The van der Waals surface area contributed by atoms with Gasteiger partial charge in [0.25, 0.3) is 0 Å². The lowest BCUT2D eigenvalue weighted by Crippen LogP contribution is -2.28. The van der Waals surface area contributed by atoms with E-state index in [1.54, 1.807) is 0 Å². The molecule has 0 fully saturated rings. The average molecular weight is 227 g/mol. The molecule has 0 heterocycles. The minimum absolute atomic E-state index is 0.0579. The summed E-state index contributed by atoms with van der Waals surface area (Å²) in [6.45, 7) is 8.42. The molecule has 0 amide bonds. The molecule has 10 heavy (non-hydrogen) atoms. The van der Waals surface area contributed by atoms with E-state index in [1.807, 2.05) is 0 Å². The van der Waals surface area contributed by atoms with E-state index >= 15 is 0 Å². The van der Waals surface area contributed by atoms with Gasteiger partial charge in [0.2, 0.25) is 0 Å². The molecule has 62 valence electrons. The van der Waals surface area contributed by atoms with Crippen LogP contribution in [0.3, 0.4) is 0 Å². The minimum Gasteiger partial charge on any atom is -0.360 e. The van der Waals surface area contributed by atoms with Crippen molar-refractivity contribution < 1.29 is 4.52 Å². The van der Waals surface area contributed by atoms with E-state index < -0.39 is 0 Å². The quantitative estimate of drug-likeness (QED) is 0.531. The second-order valence-electron chi connectivity index (χ2n) is 3.77. The zero-order chi connectivity index (χ0) is 8.41. The van der Waals surface area contributed by atoms with Crippen molar-refractivity contribution in [2.75, 3.05) is 0 Å². The molecule has 0 saturated heterocycles. The van der Waals surface area contributed by atoms with E-state index in [0.717, 1.165) is 6.42 Å². The van der Waals surface area contributed by atoms with Gasteiger partial charge in [-0.05, 0) is 34.1 Å². The van der Waals surface area contributed by atoms with Crippen molar-refractivity contribution in [3.63, 3.8) is 0 Å². The van der Waals surface area contributed by atoms with Crippen molar-refractivity contribution in [1.29, 1.82) is 0 Å². The largest absolute Gasteiger partial charge is 0.360 e. The summed E-state index contributed by atoms with van der Waals surface area (Å²) in [5.41, 5.74) is -0.0579. The van der Waals surface area contributed by atoms with Gasteiger partial charge in [-0.15, -0.1) is 0 Å². The van der Waals surface area contributed by atoms with Gasteiger partial charge in [-0.1, -0.05) is 15.9 Å². The summed E-state index contributed by atoms with van der Waals surface area (Å²) in [6.07, 6.45) is 0.990. The molecule has 0 aliphatic heterocycles. The maximum Gasteiger partial charge on any atom is 0.0675 e. The molecule has 0 aliphatic carbocycles. The van der Waals surface area contributed by atoms with Gasteiger partial charge in [0.05, 0.1) is 5.60 Å². The van der Waals surface area contributed by atoms with E-state index in [4.69, 9.17) is 4.52 Å². The van der Waals surface area contributed by atoms with E-state index in [-0.39, 0.29) is 9.93 Å². The Kier molecular flexibility index (Phi) is 3.82. The monoisotopic (exact) mass is 226 g/mol. The number of hydrogen-bond acceptors (Lipinski definition) is 1. The molecule has 0 saturated carbocycles. The molecule has 0 aliphatic rings. The summed E-state index contributed by atoms with van der Waals surface area (Å²) in [5.74, 6) is 0. The lowest BCUT2D eigenvalue weighted by molar-refractivity contribution is 0.118. The first-order chi connectivity index (χ1) is 4.27. The van der Waals surface area contributed by atoms with Crippen molar-refractivity contribution in [2.24, 2.45) is 0 Å². The molecule has 1 atom stereocenters. The standard InChI is InChI=1S/C7H16BrOP/c1-6(2,8)5-7(3,4)9-10/h5,10H2,1-4H3. The highest BCUT2D eigenvalue weighted by molar-refractivity contribution is 9.10. The Bertz CT molecular complexity index is 107. The van der Waals surface area contributed by atoms with Gasteiger partial charge in [0, 0.05) is 13.8 Å². The molecular formula is C7H16BrOP. The molecule has 0 rings (SSSR count). The molecule has 0 aromatic rings. The van der Waals surface area contributed by atoms with Crippen LogP contribution in [-0.4, -0.2) is 9.93 Å². The predicted octanol–water partition coefficient (Wildman–Crippen LogP) is 3.14.